The molecule has 3 unspecified atom stereocenters. The maximum atomic E-state index is 11.2. The van der Waals surface area contributed by atoms with Crippen molar-refractivity contribution in [2.24, 2.45) is 0 Å². The van der Waals surface area contributed by atoms with Crippen molar-refractivity contribution in [1.29, 1.82) is 0 Å². The van der Waals surface area contributed by atoms with Gasteiger partial charge in [-0.1, -0.05) is 84.7 Å². The standard InChI is InChI=1S/C24H35OPS/c1-9-24(8,26-21-11-10-15(2)12-18(21)17(4)27)20-14-16(3)13-19(22(20)25)23(5,6)7/h10-14,17,25-27H,9H2,1-8H3. The number of hydrogen-bond donors (Lipinski definition) is 2. The average Bonchev–Trinajstić information content (AvgIpc) is 2.56. The minimum absolute atomic E-state index is 0.0861. The van der Waals surface area contributed by atoms with Crippen molar-refractivity contribution in [2.75, 3.05) is 0 Å². The number of phenolic OH excluding ortho intramolecular Hbond substituents is 1. The van der Waals surface area contributed by atoms with Gasteiger partial charge < -0.3 is 5.11 Å². The molecular formula is C24H35OPS. The van der Waals surface area contributed by atoms with E-state index < -0.39 is 0 Å². The lowest BCUT2D eigenvalue weighted by atomic mass is 9.82. The Kier molecular flexibility index (Phi) is 6.76. The second-order valence-electron chi connectivity index (χ2n) is 9.04. The maximum absolute atomic E-state index is 11.2. The number of benzene rings is 2. The van der Waals surface area contributed by atoms with Gasteiger partial charge in [-0.25, -0.2) is 0 Å². The second-order valence-corrected chi connectivity index (χ2v) is 11.7. The first-order valence-electron chi connectivity index (χ1n) is 9.80. The fourth-order valence-corrected chi connectivity index (χ4v) is 5.59. The van der Waals surface area contributed by atoms with Crippen molar-refractivity contribution in [1.82, 2.24) is 0 Å². The van der Waals surface area contributed by atoms with Crippen molar-refractivity contribution in [2.45, 2.75) is 77.6 Å². The molecule has 0 fully saturated rings. The molecule has 0 aromatic heterocycles. The first-order chi connectivity index (χ1) is 12.4. The van der Waals surface area contributed by atoms with E-state index in [-0.39, 0.29) is 15.8 Å². The van der Waals surface area contributed by atoms with E-state index in [1.807, 2.05) is 0 Å². The van der Waals surface area contributed by atoms with Gasteiger partial charge >= 0.3 is 0 Å². The van der Waals surface area contributed by atoms with Crippen molar-refractivity contribution in [3.8, 4) is 5.75 Å². The topological polar surface area (TPSA) is 20.2 Å². The third kappa shape index (κ3) is 4.90. The number of aryl methyl sites for hydroxylation is 2. The van der Waals surface area contributed by atoms with E-state index in [0.717, 1.165) is 17.5 Å². The van der Waals surface area contributed by atoms with Crippen molar-refractivity contribution >= 4 is 26.5 Å². The predicted octanol–water partition coefficient (Wildman–Crippen LogP) is 6.93. The molecule has 0 saturated heterocycles. The van der Waals surface area contributed by atoms with E-state index in [4.69, 9.17) is 12.6 Å². The molecule has 0 spiro atoms. The van der Waals surface area contributed by atoms with Crippen LogP contribution < -0.4 is 5.30 Å². The summed E-state index contributed by atoms with van der Waals surface area (Å²) >= 11 is 4.72. The van der Waals surface area contributed by atoms with Gasteiger partial charge in [0.15, 0.2) is 0 Å². The van der Waals surface area contributed by atoms with Crippen LogP contribution >= 0.6 is 21.2 Å². The van der Waals surface area contributed by atoms with Crippen LogP contribution in [0, 0.1) is 13.8 Å². The molecule has 1 nitrogen and oxygen atoms in total. The first-order valence-corrected chi connectivity index (χ1v) is 11.3. The number of phenols is 1. The molecule has 0 aliphatic carbocycles. The van der Waals surface area contributed by atoms with E-state index in [9.17, 15) is 5.11 Å². The van der Waals surface area contributed by atoms with Gasteiger partial charge in [-0.15, -0.1) is 0 Å². The summed E-state index contributed by atoms with van der Waals surface area (Å²) in [7, 11) is 0.578. The quantitative estimate of drug-likeness (QED) is 0.410. The Morgan fingerprint density at radius 3 is 2.11 bits per heavy atom. The Bertz CT molecular complexity index is 820. The van der Waals surface area contributed by atoms with Crippen LogP contribution in [0.3, 0.4) is 0 Å². The summed E-state index contributed by atoms with van der Waals surface area (Å²) in [6.07, 6.45) is 0.973. The summed E-state index contributed by atoms with van der Waals surface area (Å²) in [4.78, 5) is 0. The molecule has 0 aliphatic heterocycles. The highest BCUT2D eigenvalue weighted by Crippen LogP contribution is 2.50. The lowest BCUT2D eigenvalue weighted by Crippen LogP contribution is -2.22. The van der Waals surface area contributed by atoms with Crippen LogP contribution in [-0.2, 0) is 10.6 Å². The molecule has 0 amide bonds. The van der Waals surface area contributed by atoms with Gasteiger partial charge in [0.05, 0.1) is 0 Å². The average molecular weight is 403 g/mol. The minimum atomic E-state index is -0.108. The zero-order valence-corrected chi connectivity index (χ0v) is 20.0. The van der Waals surface area contributed by atoms with Gasteiger partial charge in [-0.2, -0.15) is 12.6 Å². The Balaban J connectivity index is 2.61. The maximum Gasteiger partial charge on any atom is 0.123 e. The summed E-state index contributed by atoms with van der Waals surface area (Å²) < 4.78 is 0. The molecule has 0 heterocycles. The molecule has 0 radical (unpaired) electrons. The zero-order chi connectivity index (χ0) is 20.6. The summed E-state index contributed by atoms with van der Waals surface area (Å²) in [6, 6.07) is 11.0. The van der Waals surface area contributed by atoms with Crippen LogP contribution in [0.5, 0.6) is 5.75 Å². The van der Waals surface area contributed by atoms with Crippen LogP contribution in [0.15, 0.2) is 30.3 Å². The van der Waals surface area contributed by atoms with E-state index in [2.05, 4.69) is 85.7 Å². The van der Waals surface area contributed by atoms with Crippen LogP contribution in [0.2, 0.25) is 0 Å². The van der Waals surface area contributed by atoms with Crippen molar-refractivity contribution < 1.29 is 5.11 Å². The Morgan fingerprint density at radius 1 is 1.00 bits per heavy atom. The molecule has 2 aromatic carbocycles. The minimum Gasteiger partial charge on any atom is -0.507 e. The van der Waals surface area contributed by atoms with Crippen molar-refractivity contribution in [3.63, 3.8) is 0 Å². The third-order valence-corrected chi connectivity index (χ3v) is 7.61. The largest absolute Gasteiger partial charge is 0.507 e. The summed E-state index contributed by atoms with van der Waals surface area (Å²) in [5, 5.41) is 12.6. The van der Waals surface area contributed by atoms with Gasteiger partial charge in [-0.05, 0) is 49.0 Å². The van der Waals surface area contributed by atoms with Gasteiger partial charge in [0, 0.05) is 16.0 Å². The lowest BCUT2D eigenvalue weighted by molar-refractivity contribution is 0.430. The molecule has 0 saturated carbocycles. The molecule has 2 aromatic rings. The molecule has 3 heteroatoms. The molecule has 3 atom stereocenters. The molecule has 1 N–H and O–H groups in total. The fourth-order valence-electron chi connectivity index (χ4n) is 3.56. The molecule has 2 rings (SSSR count). The Hall–Kier alpha value is -0.980. The highest BCUT2D eigenvalue weighted by molar-refractivity contribution is 7.80. The van der Waals surface area contributed by atoms with Gasteiger partial charge in [0.25, 0.3) is 0 Å². The Morgan fingerprint density at radius 2 is 1.59 bits per heavy atom. The fraction of sp³-hybridized carbons (Fsp3) is 0.500. The monoisotopic (exact) mass is 402 g/mol. The highest BCUT2D eigenvalue weighted by Gasteiger charge is 2.32. The summed E-state index contributed by atoms with van der Waals surface area (Å²) in [6.45, 7) is 17.4. The van der Waals surface area contributed by atoms with E-state index in [1.165, 1.54) is 22.0 Å². The van der Waals surface area contributed by atoms with E-state index in [1.54, 1.807) is 0 Å². The van der Waals surface area contributed by atoms with Gasteiger partial charge in [-0.3, -0.25) is 0 Å². The number of rotatable bonds is 5. The number of hydrogen-bond acceptors (Lipinski definition) is 2. The van der Waals surface area contributed by atoms with Gasteiger partial charge in [0.1, 0.15) is 5.75 Å². The van der Waals surface area contributed by atoms with Crippen LogP contribution in [0.1, 0.15) is 81.0 Å². The van der Waals surface area contributed by atoms with Crippen LogP contribution in [0.4, 0.5) is 0 Å². The SMILES string of the molecule is CCC(C)(Pc1ccc(C)cc1C(C)S)c1cc(C)cc(C(C)(C)C)c1O. The zero-order valence-electron chi connectivity index (χ0n) is 18.1. The van der Waals surface area contributed by atoms with Crippen LogP contribution in [-0.4, -0.2) is 5.11 Å². The highest BCUT2D eigenvalue weighted by atomic mass is 32.1. The normalized spacial score (nSPS) is 15.9. The number of thiol groups is 1. The Labute approximate surface area is 173 Å². The molecular weight excluding hydrogens is 367 g/mol. The van der Waals surface area contributed by atoms with E-state index >= 15 is 0 Å². The summed E-state index contributed by atoms with van der Waals surface area (Å²) in [5.74, 6) is 0.470. The van der Waals surface area contributed by atoms with Crippen molar-refractivity contribution in [3.05, 3.63) is 58.1 Å². The van der Waals surface area contributed by atoms with Gasteiger partial charge in [0.2, 0.25) is 0 Å². The lowest BCUT2D eigenvalue weighted by Gasteiger charge is -2.34. The number of aromatic hydroxyl groups is 1. The predicted molar refractivity (Wildman–Crippen MR) is 126 cm³/mol. The molecule has 0 aliphatic rings. The third-order valence-electron chi connectivity index (χ3n) is 5.43. The first kappa shape index (κ1) is 22.3. The molecule has 27 heavy (non-hydrogen) atoms. The van der Waals surface area contributed by atoms with Crippen LogP contribution in [0.25, 0.3) is 0 Å². The molecule has 148 valence electrons. The van der Waals surface area contributed by atoms with E-state index in [0.29, 0.717) is 14.3 Å². The summed E-state index contributed by atoms with van der Waals surface area (Å²) in [5.41, 5.74) is 5.81. The second kappa shape index (κ2) is 8.18. The smallest absolute Gasteiger partial charge is 0.123 e. The molecule has 0 bridgehead atoms.